The van der Waals surface area contributed by atoms with Gasteiger partial charge in [0.2, 0.25) is 0 Å². The molecule has 4 N–H and O–H groups in total. The molecule has 0 amide bonds. The first-order valence-electron chi connectivity index (χ1n) is 6.13. The molecule has 1 saturated carbocycles. The number of carbonyl (C=O) groups is 1. The average molecular weight is 262 g/mol. The van der Waals surface area contributed by atoms with E-state index in [0.717, 1.165) is 6.42 Å². The van der Waals surface area contributed by atoms with Crippen LogP contribution in [0.5, 0.6) is 0 Å². The third kappa shape index (κ3) is 5.50. The summed E-state index contributed by atoms with van der Waals surface area (Å²) in [6.45, 7) is 0. The molecule has 1 aliphatic carbocycles. The number of hydrogen-bond donors (Lipinski definition) is 3. The normalized spacial score (nSPS) is 22.2. The van der Waals surface area contributed by atoms with Crippen LogP contribution >= 0.6 is 0 Å². The third-order valence-corrected chi connectivity index (χ3v) is 5.20. The number of nitrogens with one attached hydrogen (secondary N) is 1. The molecule has 0 heterocycles. The van der Waals surface area contributed by atoms with Crippen molar-refractivity contribution in [3.05, 3.63) is 0 Å². The van der Waals surface area contributed by atoms with Gasteiger partial charge in [0.15, 0.2) is 0 Å². The van der Waals surface area contributed by atoms with Crippen molar-refractivity contribution >= 4 is 15.7 Å². The average Bonchev–Trinajstić information content (AvgIpc) is 2.76. The molecule has 0 aromatic heterocycles. The lowest BCUT2D eigenvalue weighted by atomic mass is 10.1. The topological polar surface area (TPSA) is 104 Å². The number of aliphatic carboxylic acids is 1. The van der Waals surface area contributed by atoms with Gasteiger partial charge in [-0.25, -0.2) is 4.21 Å². The van der Waals surface area contributed by atoms with Crippen molar-refractivity contribution in [1.82, 2.24) is 0 Å². The predicted molar refractivity (Wildman–Crippen MR) is 67.4 cm³/mol. The second-order valence-corrected chi connectivity index (χ2v) is 7.33. The maximum absolute atomic E-state index is 11.9. The van der Waals surface area contributed by atoms with Crippen LogP contribution in [0, 0.1) is 10.7 Å². The minimum absolute atomic E-state index is 0.104. The van der Waals surface area contributed by atoms with Gasteiger partial charge < -0.3 is 10.8 Å². The van der Waals surface area contributed by atoms with Gasteiger partial charge in [-0.1, -0.05) is 25.7 Å². The van der Waals surface area contributed by atoms with E-state index >= 15 is 0 Å². The largest absolute Gasteiger partial charge is 0.480 e. The molecule has 17 heavy (non-hydrogen) atoms. The molecule has 0 radical (unpaired) electrons. The fraction of sp³-hybridized carbons (Fsp3) is 0.909. The van der Waals surface area contributed by atoms with Crippen LogP contribution in [0.2, 0.25) is 0 Å². The van der Waals surface area contributed by atoms with E-state index in [2.05, 4.69) is 0 Å². The van der Waals surface area contributed by atoms with Gasteiger partial charge in [0.05, 0.1) is 0 Å². The second-order valence-electron chi connectivity index (χ2n) is 4.89. The van der Waals surface area contributed by atoms with Crippen LogP contribution in [0.3, 0.4) is 0 Å². The fourth-order valence-corrected chi connectivity index (χ4v) is 3.75. The maximum atomic E-state index is 11.9. The van der Waals surface area contributed by atoms with Gasteiger partial charge in [0.1, 0.15) is 6.04 Å². The Morgan fingerprint density at radius 2 is 2.00 bits per heavy atom. The van der Waals surface area contributed by atoms with E-state index in [-0.39, 0.29) is 12.2 Å². The lowest BCUT2D eigenvalue weighted by Crippen LogP contribution is -2.32. The molecule has 5 nitrogen and oxygen atoms in total. The lowest BCUT2D eigenvalue weighted by Gasteiger charge is -2.12. The number of rotatable bonds is 7. The van der Waals surface area contributed by atoms with Gasteiger partial charge in [0.25, 0.3) is 0 Å². The molecule has 2 atom stereocenters. The molecular weight excluding hydrogens is 240 g/mol. The van der Waals surface area contributed by atoms with Crippen molar-refractivity contribution in [1.29, 1.82) is 4.78 Å². The first-order valence-corrected chi connectivity index (χ1v) is 8.03. The van der Waals surface area contributed by atoms with E-state index in [1.807, 2.05) is 0 Å². The molecule has 0 bridgehead atoms. The van der Waals surface area contributed by atoms with Crippen molar-refractivity contribution in [2.24, 2.45) is 11.7 Å². The van der Waals surface area contributed by atoms with Gasteiger partial charge in [0, 0.05) is 21.2 Å². The van der Waals surface area contributed by atoms with Gasteiger partial charge in [-0.2, -0.15) is 0 Å². The number of hydrogen-bond acceptors (Lipinski definition) is 4. The summed E-state index contributed by atoms with van der Waals surface area (Å²) < 4.78 is 19.6. The highest BCUT2D eigenvalue weighted by molar-refractivity contribution is 7.92. The van der Waals surface area contributed by atoms with E-state index < -0.39 is 21.7 Å². The Kier molecular flexibility index (Phi) is 5.39. The van der Waals surface area contributed by atoms with Crippen LogP contribution in [-0.2, 0) is 14.5 Å². The summed E-state index contributed by atoms with van der Waals surface area (Å²) in [5.74, 6) is 0.0299. The van der Waals surface area contributed by atoms with Crippen molar-refractivity contribution in [2.75, 3.05) is 11.5 Å². The summed E-state index contributed by atoms with van der Waals surface area (Å²) in [5, 5.41) is 8.60. The van der Waals surface area contributed by atoms with Crippen LogP contribution in [-0.4, -0.2) is 32.8 Å². The quantitative estimate of drug-likeness (QED) is 0.645. The summed E-state index contributed by atoms with van der Waals surface area (Å²) in [6, 6.07) is -0.993. The zero-order valence-corrected chi connectivity index (χ0v) is 10.9. The molecule has 1 rings (SSSR count). The first kappa shape index (κ1) is 14.4. The van der Waals surface area contributed by atoms with Crippen LogP contribution in [0.1, 0.15) is 38.5 Å². The molecular formula is C11H22N2O3S. The highest BCUT2D eigenvalue weighted by Crippen LogP contribution is 2.27. The van der Waals surface area contributed by atoms with E-state index in [1.54, 1.807) is 0 Å². The van der Waals surface area contributed by atoms with Gasteiger partial charge in [-0.15, -0.1) is 0 Å². The number of nitrogens with two attached hydrogens (primary N) is 1. The van der Waals surface area contributed by atoms with E-state index in [1.165, 1.54) is 25.7 Å². The van der Waals surface area contributed by atoms with Gasteiger partial charge in [-0.05, 0) is 18.8 Å². The maximum Gasteiger partial charge on any atom is 0.320 e. The third-order valence-electron chi connectivity index (χ3n) is 3.41. The Morgan fingerprint density at radius 1 is 1.41 bits per heavy atom. The van der Waals surface area contributed by atoms with E-state index in [9.17, 15) is 9.00 Å². The molecule has 0 aromatic rings. The van der Waals surface area contributed by atoms with Crippen molar-refractivity contribution in [3.63, 3.8) is 0 Å². The molecule has 0 saturated heterocycles. The van der Waals surface area contributed by atoms with Crippen molar-refractivity contribution < 1.29 is 14.1 Å². The zero-order chi connectivity index (χ0) is 12.9. The fourth-order valence-electron chi connectivity index (χ4n) is 2.20. The molecule has 100 valence electrons. The van der Waals surface area contributed by atoms with Crippen molar-refractivity contribution in [3.8, 4) is 0 Å². The van der Waals surface area contributed by atoms with Crippen LogP contribution in [0.15, 0.2) is 0 Å². The molecule has 0 aliphatic heterocycles. The van der Waals surface area contributed by atoms with Crippen LogP contribution < -0.4 is 5.73 Å². The highest BCUT2D eigenvalue weighted by Gasteiger charge is 2.19. The zero-order valence-electron chi connectivity index (χ0n) is 10.1. The minimum atomic E-state index is -2.64. The second kappa shape index (κ2) is 6.35. The Balaban J connectivity index is 2.27. The standard InChI is InChI=1S/C11H22N2O3S/c12-10(11(14)15)6-8-17(13,16)7-5-9-3-1-2-4-9/h9-10,13H,1-8,12H2,(H,14,15)/t10-,17?/m0/s1. The molecule has 1 aliphatic rings. The minimum Gasteiger partial charge on any atom is -0.480 e. The van der Waals surface area contributed by atoms with Gasteiger partial charge >= 0.3 is 5.97 Å². The highest BCUT2D eigenvalue weighted by atomic mass is 32.2. The molecule has 0 aromatic carbocycles. The molecule has 0 spiro atoms. The number of carboxylic acid groups (broad SMARTS) is 1. The monoisotopic (exact) mass is 262 g/mol. The van der Waals surface area contributed by atoms with E-state index in [0.29, 0.717) is 11.7 Å². The summed E-state index contributed by atoms with van der Waals surface area (Å²) in [4.78, 5) is 10.5. The lowest BCUT2D eigenvalue weighted by molar-refractivity contribution is -0.138. The Morgan fingerprint density at radius 3 is 2.53 bits per heavy atom. The Labute approximate surface area is 103 Å². The first-order chi connectivity index (χ1) is 7.91. The SMILES string of the molecule is N=S(=O)(CCC1CCCC1)CC[C@H](N)C(=O)O. The van der Waals surface area contributed by atoms with Crippen LogP contribution in [0.4, 0.5) is 0 Å². The molecule has 1 fully saturated rings. The summed E-state index contributed by atoms with van der Waals surface area (Å²) in [7, 11) is -2.64. The smallest absolute Gasteiger partial charge is 0.320 e. The summed E-state index contributed by atoms with van der Waals surface area (Å²) in [6.07, 6.45) is 5.82. The number of carboxylic acids is 1. The van der Waals surface area contributed by atoms with E-state index in [4.69, 9.17) is 15.6 Å². The molecule has 1 unspecified atom stereocenters. The predicted octanol–water partition coefficient (Wildman–Crippen LogP) is 1.42. The van der Waals surface area contributed by atoms with Gasteiger partial charge in [-0.3, -0.25) is 9.57 Å². The molecule has 6 heteroatoms. The Hall–Kier alpha value is -0.620. The summed E-state index contributed by atoms with van der Waals surface area (Å²) in [5.41, 5.74) is 5.33. The summed E-state index contributed by atoms with van der Waals surface area (Å²) >= 11 is 0. The Bertz CT molecular complexity index is 348. The van der Waals surface area contributed by atoms with Crippen LogP contribution in [0.25, 0.3) is 0 Å². The van der Waals surface area contributed by atoms with Crippen molar-refractivity contribution in [2.45, 2.75) is 44.6 Å².